The van der Waals surface area contributed by atoms with Gasteiger partial charge in [0.15, 0.2) is 0 Å². The fourth-order valence-corrected chi connectivity index (χ4v) is 7.75. The number of nitrogens with zero attached hydrogens (tertiary/aromatic N) is 1. The molecule has 1 aliphatic carbocycles. The monoisotopic (exact) mass is 591 g/mol. The van der Waals surface area contributed by atoms with E-state index in [-0.39, 0.29) is 5.41 Å². The number of anilines is 3. The van der Waals surface area contributed by atoms with Gasteiger partial charge in [0.1, 0.15) is 0 Å². The third-order valence-electron chi connectivity index (χ3n) is 10.1. The number of rotatable bonds is 7. The largest absolute Gasteiger partial charge is 0.310 e. The first kappa shape index (κ1) is 28.1. The van der Waals surface area contributed by atoms with Gasteiger partial charge in [-0.1, -0.05) is 129 Å². The van der Waals surface area contributed by atoms with Crippen molar-refractivity contribution in [2.24, 2.45) is 0 Å². The van der Waals surface area contributed by atoms with E-state index in [2.05, 4.69) is 183 Å². The molecule has 0 spiro atoms. The number of hydrogen-bond acceptors (Lipinski definition) is 1. The van der Waals surface area contributed by atoms with Crippen molar-refractivity contribution in [3.05, 3.63) is 175 Å². The molecule has 0 saturated carbocycles. The van der Waals surface area contributed by atoms with Crippen LogP contribution < -0.4 is 4.90 Å². The number of benzene rings is 7. The molecule has 1 heteroatoms. The molecule has 0 radical (unpaired) electrons. The number of hydrogen-bond donors (Lipinski definition) is 0. The van der Waals surface area contributed by atoms with Crippen molar-refractivity contribution in [1.82, 2.24) is 0 Å². The molecule has 0 unspecified atom stereocenters. The maximum atomic E-state index is 2.46. The molecule has 46 heavy (non-hydrogen) atoms. The second kappa shape index (κ2) is 11.5. The van der Waals surface area contributed by atoms with E-state index in [0.717, 1.165) is 24.2 Å². The van der Waals surface area contributed by atoms with Crippen molar-refractivity contribution < 1.29 is 0 Å². The molecular weight excluding hydrogens is 555 g/mol. The summed E-state index contributed by atoms with van der Waals surface area (Å²) in [5, 5.41) is 2.62. The van der Waals surface area contributed by atoms with Crippen LogP contribution in [0.25, 0.3) is 44.2 Å². The van der Waals surface area contributed by atoms with Crippen LogP contribution in [0.4, 0.5) is 17.1 Å². The molecule has 7 aromatic carbocycles. The minimum atomic E-state index is 0.0264. The molecule has 0 aliphatic heterocycles. The summed E-state index contributed by atoms with van der Waals surface area (Å²) in [7, 11) is 0. The first-order chi connectivity index (χ1) is 22.7. The smallest absolute Gasteiger partial charge is 0.0468 e. The van der Waals surface area contributed by atoms with Gasteiger partial charge in [-0.2, -0.15) is 0 Å². The predicted molar refractivity (Wildman–Crippen MR) is 196 cm³/mol. The summed E-state index contributed by atoms with van der Waals surface area (Å²) < 4.78 is 0. The summed E-state index contributed by atoms with van der Waals surface area (Å²) in [5.41, 5.74) is 14.1. The summed E-state index contributed by atoms with van der Waals surface area (Å²) >= 11 is 0. The molecule has 0 N–H and O–H groups in total. The lowest BCUT2D eigenvalue weighted by atomic mass is 9.73. The molecule has 0 atom stereocenters. The highest BCUT2D eigenvalue weighted by atomic mass is 15.1. The van der Waals surface area contributed by atoms with E-state index >= 15 is 0 Å². The molecule has 0 fully saturated rings. The van der Waals surface area contributed by atoms with Crippen molar-refractivity contribution in [3.63, 3.8) is 0 Å². The Morgan fingerprint density at radius 3 is 1.54 bits per heavy atom. The van der Waals surface area contributed by atoms with Crippen LogP contribution in [-0.4, -0.2) is 0 Å². The van der Waals surface area contributed by atoms with Gasteiger partial charge in [-0.05, 0) is 117 Å². The van der Waals surface area contributed by atoms with E-state index in [1.807, 2.05) is 0 Å². The molecule has 0 aromatic heterocycles. The normalized spacial score (nSPS) is 12.9. The highest BCUT2D eigenvalue weighted by Crippen LogP contribution is 2.55. The number of fused-ring (bicyclic) bond motifs is 4. The van der Waals surface area contributed by atoms with Crippen LogP contribution in [0.2, 0.25) is 0 Å². The summed E-state index contributed by atoms with van der Waals surface area (Å²) in [5.74, 6) is 0. The minimum absolute atomic E-state index is 0.0264. The Morgan fingerprint density at radius 2 is 0.891 bits per heavy atom. The third kappa shape index (κ3) is 4.54. The summed E-state index contributed by atoms with van der Waals surface area (Å²) in [4.78, 5) is 2.39. The highest BCUT2D eigenvalue weighted by Gasteiger charge is 2.41. The standard InChI is InChI=1S/C45H37N/c1-3-45(4-2)43-28-27-38(31-42(43)41-29-34-17-11-12-18-35(34)30-44(41)45)46(36-19-9-6-10-20-36)37-25-23-33(24-26-37)40-22-14-13-21-39(40)32-15-7-5-8-16-32/h5-31H,3-4H2,1-2H3. The molecule has 0 heterocycles. The first-order valence-corrected chi connectivity index (χ1v) is 16.5. The lowest BCUT2D eigenvalue weighted by Gasteiger charge is -2.30. The molecule has 1 nitrogen and oxygen atoms in total. The van der Waals surface area contributed by atoms with Crippen LogP contribution in [0, 0.1) is 0 Å². The van der Waals surface area contributed by atoms with E-state index in [4.69, 9.17) is 0 Å². The lowest BCUT2D eigenvalue weighted by molar-refractivity contribution is 0.491. The highest BCUT2D eigenvalue weighted by molar-refractivity contribution is 5.95. The van der Waals surface area contributed by atoms with E-state index < -0.39 is 0 Å². The lowest BCUT2D eigenvalue weighted by Crippen LogP contribution is -2.23. The molecule has 7 aromatic rings. The second-order valence-corrected chi connectivity index (χ2v) is 12.4. The van der Waals surface area contributed by atoms with Crippen LogP contribution in [0.5, 0.6) is 0 Å². The minimum Gasteiger partial charge on any atom is -0.310 e. The topological polar surface area (TPSA) is 3.24 Å². The fraction of sp³-hybridized carbons (Fsp3) is 0.111. The van der Waals surface area contributed by atoms with Gasteiger partial charge in [0.25, 0.3) is 0 Å². The Labute approximate surface area is 272 Å². The second-order valence-electron chi connectivity index (χ2n) is 12.4. The zero-order valence-electron chi connectivity index (χ0n) is 26.4. The van der Waals surface area contributed by atoms with Gasteiger partial charge in [0, 0.05) is 22.5 Å². The van der Waals surface area contributed by atoms with Crippen molar-refractivity contribution in [2.45, 2.75) is 32.1 Å². The quantitative estimate of drug-likeness (QED) is 0.178. The van der Waals surface area contributed by atoms with E-state index in [0.29, 0.717) is 0 Å². The SMILES string of the molecule is CCC1(CC)c2ccc(N(c3ccccc3)c3ccc(-c4ccccc4-c4ccccc4)cc3)cc2-c2cc3ccccc3cc21. The van der Waals surface area contributed by atoms with Gasteiger partial charge in [0.05, 0.1) is 0 Å². The molecular formula is C45H37N. The van der Waals surface area contributed by atoms with Crippen molar-refractivity contribution in [1.29, 1.82) is 0 Å². The van der Waals surface area contributed by atoms with Crippen LogP contribution in [0.15, 0.2) is 164 Å². The van der Waals surface area contributed by atoms with E-state index in [1.165, 1.54) is 61.0 Å². The van der Waals surface area contributed by atoms with Gasteiger partial charge < -0.3 is 4.90 Å². The molecule has 0 bridgehead atoms. The van der Waals surface area contributed by atoms with Gasteiger partial charge in [-0.25, -0.2) is 0 Å². The van der Waals surface area contributed by atoms with E-state index in [1.54, 1.807) is 0 Å². The Hall–Kier alpha value is -5.40. The van der Waals surface area contributed by atoms with Gasteiger partial charge in [0.2, 0.25) is 0 Å². The average Bonchev–Trinajstić information content (AvgIpc) is 3.40. The third-order valence-corrected chi connectivity index (χ3v) is 10.1. The van der Waals surface area contributed by atoms with E-state index in [9.17, 15) is 0 Å². The van der Waals surface area contributed by atoms with Crippen LogP contribution in [0.1, 0.15) is 37.8 Å². The Bertz CT molecular complexity index is 2160. The predicted octanol–water partition coefficient (Wildman–Crippen LogP) is 12.7. The van der Waals surface area contributed by atoms with Crippen LogP contribution in [0.3, 0.4) is 0 Å². The summed E-state index contributed by atoms with van der Waals surface area (Å²) in [6.45, 7) is 4.69. The fourth-order valence-electron chi connectivity index (χ4n) is 7.75. The van der Waals surface area contributed by atoms with Crippen LogP contribution in [-0.2, 0) is 5.41 Å². The summed E-state index contributed by atoms with van der Waals surface area (Å²) in [6, 6.07) is 60.0. The maximum Gasteiger partial charge on any atom is 0.0468 e. The van der Waals surface area contributed by atoms with Crippen molar-refractivity contribution in [2.75, 3.05) is 4.90 Å². The first-order valence-electron chi connectivity index (χ1n) is 16.5. The summed E-state index contributed by atoms with van der Waals surface area (Å²) in [6.07, 6.45) is 2.16. The molecule has 1 aliphatic rings. The molecule has 8 rings (SSSR count). The molecule has 0 amide bonds. The number of para-hydroxylation sites is 1. The zero-order valence-corrected chi connectivity index (χ0v) is 26.4. The average molecular weight is 592 g/mol. The van der Waals surface area contributed by atoms with Gasteiger partial charge in [-0.15, -0.1) is 0 Å². The Balaban J connectivity index is 1.26. The van der Waals surface area contributed by atoms with Crippen LogP contribution >= 0.6 is 0 Å². The zero-order chi connectivity index (χ0) is 31.1. The van der Waals surface area contributed by atoms with Gasteiger partial charge >= 0.3 is 0 Å². The Morgan fingerprint density at radius 1 is 0.391 bits per heavy atom. The Kier molecular flexibility index (Phi) is 7.03. The molecule has 222 valence electrons. The van der Waals surface area contributed by atoms with Crippen molar-refractivity contribution in [3.8, 4) is 33.4 Å². The van der Waals surface area contributed by atoms with Gasteiger partial charge in [-0.3, -0.25) is 0 Å². The molecule has 0 saturated heterocycles. The maximum absolute atomic E-state index is 2.46. The van der Waals surface area contributed by atoms with Crippen molar-refractivity contribution >= 4 is 27.8 Å².